The normalized spacial score (nSPS) is 22.4. The molecule has 0 spiro atoms. The van der Waals surface area contributed by atoms with Crippen molar-refractivity contribution in [3.8, 4) is 0 Å². The van der Waals surface area contributed by atoms with Crippen LogP contribution in [0, 0.1) is 0 Å². The first-order chi connectivity index (χ1) is 9.30. The van der Waals surface area contributed by atoms with Crippen molar-refractivity contribution in [2.24, 2.45) is 0 Å². The van der Waals surface area contributed by atoms with Gasteiger partial charge in [0.15, 0.2) is 0 Å². The summed E-state index contributed by atoms with van der Waals surface area (Å²) in [5.41, 5.74) is 2.55. The van der Waals surface area contributed by atoms with Crippen molar-refractivity contribution < 1.29 is 8.42 Å². The van der Waals surface area contributed by atoms with Gasteiger partial charge in [0.1, 0.15) is 0 Å². The molecule has 0 amide bonds. The van der Waals surface area contributed by atoms with E-state index < -0.39 is 10.0 Å². The van der Waals surface area contributed by atoms with Crippen LogP contribution < -0.4 is 0 Å². The molecule has 20 heavy (non-hydrogen) atoms. The second-order valence-electron chi connectivity index (χ2n) is 5.90. The van der Waals surface area contributed by atoms with Gasteiger partial charge in [0, 0.05) is 25.7 Å². The lowest BCUT2D eigenvalue weighted by atomic mass is 9.91. The molecule has 0 radical (unpaired) electrons. The summed E-state index contributed by atoms with van der Waals surface area (Å²) in [5, 5.41) is 0. The molecule has 1 atom stereocenters. The summed E-state index contributed by atoms with van der Waals surface area (Å²) >= 11 is 0. The third kappa shape index (κ3) is 3.22. The molecule has 1 saturated heterocycles. The standard InChI is InChI=1S/C15H24N2O2S/c1-12(2)13-7-5-6-8-14(13)15-11-17(20(4,18)19)10-9-16(15)3/h5-8,12,15H,9-11H2,1-4H3. The van der Waals surface area contributed by atoms with Crippen LogP contribution in [-0.2, 0) is 10.0 Å². The van der Waals surface area contributed by atoms with Gasteiger partial charge in [0.2, 0.25) is 10.0 Å². The van der Waals surface area contributed by atoms with E-state index in [-0.39, 0.29) is 6.04 Å². The van der Waals surface area contributed by atoms with Gasteiger partial charge in [0.05, 0.1) is 6.26 Å². The molecule has 5 heteroatoms. The number of benzene rings is 1. The van der Waals surface area contributed by atoms with Gasteiger partial charge in [-0.25, -0.2) is 8.42 Å². The minimum atomic E-state index is -3.12. The zero-order valence-corrected chi connectivity index (χ0v) is 13.5. The molecule has 0 bridgehead atoms. The average molecular weight is 296 g/mol. The highest BCUT2D eigenvalue weighted by molar-refractivity contribution is 7.88. The van der Waals surface area contributed by atoms with Crippen LogP contribution in [0.25, 0.3) is 0 Å². The quantitative estimate of drug-likeness (QED) is 0.857. The lowest BCUT2D eigenvalue weighted by Gasteiger charge is -2.39. The van der Waals surface area contributed by atoms with Crippen molar-refractivity contribution in [1.82, 2.24) is 9.21 Å². The first-order valence-electron chi connectivity index (χ1n) is 7.05. The van der Waals surface area contributed by atoms with Gasteiger partial charge < -0.3 is 0 Å². The molecular weight excluding hydrogens is 272 g/mol. The molecule has 112 valence electrons. The van der Waals surface area contributed by atoms with Gasteiger partial charge in [-0.05, 0) is 24.1 Å². The molecule has 1 aliphatic rings. The summed E-state index contributed by atoms with van der Waals surface area (Å²) in [6.45, 7) is 6.24. The molecule has 0 aliphatic carbocycles. The average Bonchev–Trinajstić information content (AvgIpc) is 2.38. The van der Waals surface area contributed by atoms with Crippen molar-refractivity contribution in [3.63, 3.8) is 0 Å². The van der Waals surface area contributed by atoms with Crippen molar-refractivity contribution in [2.45, 2.75) is 25.8 Å². The number of sulfonamides is 1. The summed E-state index contributed by atoms with van der Waals surface area (Å²) in [7, 11) is -1.05. The van der Waals surface area contributed by atoms with Crippen LogP contribution in [0.1, 0.15) is 36.9 Å². The van der Waals surface area contributed by atoms with Crippen molar-refractivity contribution >= 4 is 10.0 Å². The summed E-state index contributed by atoms with van der Waals surface area (Å²) in [5.74, 6) is 0.438. The first-order valence-corrected chi connectivity index (χ1v) is 8.89. The number of likely N-dealkylation sites (N-methyl/N-ethyl adjacent to an activating group) is 1. The van der Waals surface area contributed by atoms with Gasteiger partial charge in [-0.2, -0.15) is 4.31 Å². The van der Waals surface area contributed by atoms with E-state index in [1.165, 1.54) is 17.4 Å². The van der Waals surface area contributed by atoms with Crippen LogP contribution in [0.5, 0.6) is 0 Å². The Morgan fingerprint density at radius 3 is 2.45 bits per heavy atom. The fourth-order valence-corrected chi connectivity index (χ4v) is 3.65. The maximum atomic E-state index is 11.8. The van der Waals surface area contributed by atoms with Crippen molar-refractivity contribution in [2.75, 3.05) is 32.9 Å². The Morgan fingerprint density at radius 1 is 1.20 bits per heavy atom. The second-order valence-corrected chi connectivity index (χ2v) is 7.88. The van der Waals surface area contributed by atoms with E-state index in [1.807, 2.05) is 6.07 Å². The van der Waals surface area contributed by atoms with Crippen LogP contribution >= 0.6 is 0 Å². The maximum Gasteiger partial charge on any atom is 0.211 e. The maximum absolute atomic E-state index is 11.8. The third-order valence-electron chi connectivity index (χ3n) is 4.06. The van der Waals surface area contributed by atoms with Crippen LogP contribution in [0.3, 0.4) is 0 Å². The number of piperazine rings is 1. The lowest BCUT2D eigenvalue weighted by molar-refractivity contribution is 0.148. The van der Waals surface area contributed by atoms with E-state index in [0.29, 0.717) is 19.0 Å². The zero-order chi connectivity index (χ0) is 14.9. The first kappa shape index (κ1) is 15.5. The third-order valence-corrected chi connectivity index (χ3v) is 5.33. The molecule has 1 aliphatic heterocycles. The molecule has 0 aromatic heterocycles. The number of rotatable bonds is 3. The molecule has 1 aromatic rings. The largest absolute Gasteiger partial charge is 0.297 e. The predicted molar refractivity (Wildman–Crippen MR) is 82.3 cm³/mol. The summed E-state index contributed by atoms with van der Waals surface area (Å²) in [6, 6.07) is 8.50. The van der Waals surface area contributed by atoms with E-state index >= 15 is 0 Å². The van der Waals surface area contributed by atoms with Gasteiger partial charge in [-0.3, -0.25) is 4.90 Å². The number of nitrogens with zero attached hydrogens (tertiary/aromatic N) is 2. The van der Waals surface area contributed by atoms with Gasteiger partial charge in [0.25, 0.3) is 0 Å². The summed E-state index contributed by atoms with van der Waals surface area (Å²) in [4.78, 5) is 2.25. The van der Waals surface area contributed by atoms with Gasteiger partial charge in [-0.1, -0.05) is 38.1 Å². The Labute approximate surface area is 122 Å². The number of hydrogen-bond acceptors (Lipinski definition) is 3. The minimum absolute atomic E-state index is 0.136. The molecular formula is C15H24N2O2S. The van der Waals surface area contributed by atoms with Crippen LogP contribution in [0.15, 0.2) is 24.3 Å². The summed E-state index contributed by atoms with van der Waals surface area (Å²) in [6.07, 6.45) is 1.30. The Hall–Kier alpha value is -0.910. The van der Waals surface area contributed by atoms with Crippen LogP contribution in [0.4, 0.5) is 0 Å². The van der Waals surface area contributed by atoms with Gasteiger partial charge >= 0.3 is 0 Å². The molecule has 0 saturated carbocycles. The lowest BCUT2D eigenvalue weighted by Crippen LogP contribution is -2.48. The fraction of sp³-hybridized carbons (Fsp3) is 0.600. The van der Waals surface area contributed by atoms with Crippen LogP contribution in [-0.4, -0.2) is 50.6 Å². The summed E-state index contributed by atoms with van der Waals surface area (Å²) < 4.78 is 25.2. The highest BCUT2D eigenvalue weighted by Gasteiger charge is 2.31. The predicted octanol–water partition coefficient (Wildman–Crippen LogP) is 2.06. The SMILES string of the molecule is CC(C)c1ccccc1C1CN(S(C)(=O)=O)CCN1C. The molecule has 0 N–H and O–H groups in total. The minimum Gasteiger partial charge on any atom is -0.297 e. The Bertz CT molecular complexity index is 569. The van der Waals surface area contributed by atoms with E-state index in [4.69, 9.17) is 0 Å². The highest BCUT2D eigenvalue weighted by atomic mass is 32.2. The topological polar surface area (TPSA) is 40.6 Å². The van der Waals surface area contributed by atoms with Crippen molar-refractivity contribution in [3.05, 3.63) is 35.4 Å². The van der Waals surface area contributed by atoms with Crippen LogP contribution in [0.2, 0.25) is 0 Å². The van der Waals surface area contributed by atoms with E-state index in [9.17, 15) is 8.42 Å². The number of hydrogen-bond donors (Lipinski definition) is 0. The van der Waals surface area contributed by atoms with Crippen molar-refractivity contribution in [1.29, 1.82) is 0 Å². The molecule has 4 nitrogen and oxygen atoms in total. The van der Waals surface area contributed by atoms with E-state index in [1.54, 1.807) is 4.31 Å². The molecule has 1 aromatic carbocycles. The Balaban J connectivity index is 2.35. The Kier molecular flexibility index (Phi) is 4.52. The van der Waals surface area contributed by atoms with Gasteiger partial charge in [-0.15, -0.1) is 0 Å². The fourth-order valence-electron chi connectivity index (χ4n) is 2.83. The second kappa shape index (κ2) is 5.84. The van der Waals surface area contributed by atoms with E-state index in [2.05, 4.69) is 44.0 Å². The van der Waals surface area contributed by atoms with E-state index in [0.717, 1.165) is 6.54 Å². The molecule has 1 heterocycles. The smallest absolute Gasteiger partial charge is 0.211 e. The molecule has 1 fully saturated rings. The molecule has 2 rings (SSSR count). The zero-order valence-electron chi connectivity index (χ0n) is 12.7. The Morgan fingerprint density at radius 2 is 1.85 bits per heavy atom. The monoisotopic (exact) mass is 296 g/mol. The highest BCUT2D eigenvalue weighted by Crippen LogP contribution is 2.31. The molecule has 1 unspecified atom stereocenters.